The number of fused-ring (bicyclic) bond motifs is 1. The Labute approximate surface area is 189 Å². The fourth-order valence-electron chi connectivity index (χ4n) is 4.27. The van der Waals surface area contributed by atoms with Gasteiger partial charge in [-0.2, -0.15) is 0 Å². The largest absolute Gasteiger partial charge is 0.378 e. The summed E-state index contributed by atoms with van der Waals surface area (Å²) in [6, 6.07) is 4.05. The molecule has 1 aromatic carbocycles. The Hall–Kier alpha value is -3.86. The van der Waals surface area contributed by atoms with Gasteiger partial charge in [0.15, 0.2) is 0 Å². The molecule has 1 atom stereocenters. The zero-order chi connectivity index (χ0) is 22.9. The predicted molar refractivity (Wildman–Crippen MR) is 118 cm³/mol. The van der Waals surface area contributed by atoms with Crippen molar-refractivity contribution in [1.82, 2.24) is 25.5 Å². The minimum absolute atomic E-state index is 0.0918. The molecule has 3 aliphatic heterocycles. The van der Waals surface area contributed by atoms with Crippen LogP contribution in [0.3, 0.4) is 0 Å². The number of imide groups is 2. The molecule has 0 aliphatic carbocycles. The van der Waals surface area contributed by atoms with Crippen LogP contribution in [-0.2, 0) is 16.1 Å². The van der Waals surface area contributed by atoms with Crippen molar-refractivity contribution < 1.29 is 19.2 Å². The summed E-state index contributed by atoms with van der Waals surface area (Å²) in [6.07, 6.45) is 3.66. The van der Waals surface area contributed by atoms with Crippen molar-refractivity contribution in [3.05, 3.63) is 47.3 Å². The van der Waals surface area contributed by atoms with Gasteiger partial charge in [0.05, 0.1) is 29.2 Å². The number of hydrogen-bond acceptors (Lipinski definition) is 9. The van der Waals surface area contributed by atoms with Crippen LogP contribution in [0.4, 0.5) is 11.6 Å². The second-order valence-corrected chi connectivity index (χ2v) is 8.19. The van der Waals surface area contributed by atoms with Crippen molar-refractivity contribution in [3.63, 3.8) is 0 Å². The van der Waals surface area contributed by atoms with Gasteiger partial charge in [0.1, 0.15) is 6.04 Å². The van der Waals surface area contributed by atoms with Crippen LogP contribution in [0.5, 0.6) is 0 Å². The number of carbonyl (C=O) groups excluding carboxylic acids is 4. The minimum atomic E-state index is -0.969. The molecule has 0 saturated carbocycles. The summed E-state index contributed by atoms with van der Waals surface area (Å²) in [5.74, 6) is -1.36. The van der Waals surface area contributed by atoms with Gasteiger partial charge in [-0.05, 0) is 24.1 Å². The van der Waals surface area contributed by atoms with E-state index in [1.165, 1.54) is 0 Å². The molecule has 0 spiro atoms. The van der Waals surface area contributed by atoms with Gasteiger partial charge >= 0.3 is 0 Å². The van der Waals surface area contributed by atoms with Gasteiger partial charge in [-0.25, -0.2) is 9.97 Å². The third-order valence-electron chi connectivity index (χ3n) is 6.04. The highest BCUT2D eigenvalue weighted by Gasteiger charge is 2.44. The second kappa shape index (κ2) is 8.58. The molecule has 5 rings (SSSR count). The van der Waals surface area contributed by atoms with Gasteiger partial charge in [0.25, 0.3) is 11.8 Å². The first kappa shape index (κ1) is 21.0. The maximum absolute atomic E-state index is 12.9. The summed E-state index contributed by atoms with van der Waals surface area (Å²) in [4.78, 5) is 61.3. The Morgan fingerprint density at radius 3 is 2.45 bits per heavy atom. The highest BCUT2D eigenvalue weighted by molar-refractivity contribution is 6.23. The van der Waals surface area contributed by atoms with E-state index in [4.69, 9.17) is 0 Å². The van der Waals surface area contributed by atoms with Gasteiger partial charge in [0, 0.05) is 39.1 Å². The van der Waals surface area contributed by atoms with Crippen molar-refractivity contribution >= 4 is 35.3 Å². The van der Waals surface area contributed by atoms with E-state index in [0.29, 0.717) is 12.5 Å². The van der Waals surface area contributed by atoms with E-state index in [-0.39, 0.29) is 24.0 Å². The Kier molecular flexibility index (Phi) is 5.47. The highest BCUT2D eigenvalue weighted by atomic mass is 16.2. The van der Waals surface area contributed by atoms with Crippen molar-refractivity contribution in [2.45, 2.75) is 25.4 Å². The van der Waals surface area contributed by atoms with Gasteiger partial charge in [-0.3, -0.25) is 29.4 Å². The van der Waals surface area contributed by atoms with Crippen molar-refractivity contribution in [1.29, 1.82) is 0 Å². The number of piperazine rings is 1. The average Bonchev–Trinajstić information content (AvgIpc) is 3.08. The highest BCUT2D eigenvalue weighted by Crippen LogP contribution is 2.28. The van der Waals surface area contributed by atoms with Crippen LogP contribution in [0, 0.1) is 0 Å². The average molecular weight is 449 g/mol. The van der Waals surface area contributed by atoms with Crippen LogP contribution >= 0.6 is 0 Å². The fourth-order valence-corrected chi connectivity index (χ4v) is 4.27. The predicted octanol–water partition coefficient (Wildman–Crippen LogP) is -0.100. The summed E-state index contributed by atoms with van der Waals surface area (Å²) in [5, 5.41) is 8.72. The van der Waals surface area contributed by atoms with Crippen LogP contribution in [0.1, 0.15) is 39.1 Å². The third kappa shape index (κ3) is 4.02. The standard InChI is InChI=1S/C22H23N7O4/c30-18-4-3-17(19(31)27-18)29-20(32)15-2-1-13(9-16(15)21(29)33)10-24-14-11-25-22(26-12-14)28-7-5-23-6-8-28/h1-2,9,11-12,17,23-24H,3-8,10H2,(H,27,30,31). The molecule has 2 fully saturated rings. The van der Waals surface area contributed by atoms with E-state index in [1.807, 2.05) is 0 Å². The number of carbonyl (C=O) groups is 4. The molecule has 4 amide bonds. The Bertz CT molecular complexity index is 1130. The van der Waals surface area contributed by atoms with E-state index in [1.54, 1.807) is 30.6 Å². The molecule has 4 heterocycles. The lowest BCUT2D eigenvalue weighted by molar-refractivity contribution is -0.136. The number of benzene rings is 1. The van der Waals surface area contributed by atoms with Gasteiger partial charge in [-0.15, -0.1) is 0 Å². The Balaban J connectivity index is 1.26. The number of rotatable bonds is 5. The number of anilines is 2. The molecule has 0 bridgehead atoms. The first-order valence-corrected chi connectivity index (χ1v) is 10.9. The Morgan fingerprint density at radius 1 is 1.00 bits per heavy atom. The number of aromatic nitrogens is 2. The third-order valence-corrected chi connectivity index (χ3v) is 6.04. The molecule has 2 saturated heterocycles. The topological polar surface area (TPSA) is 137 Å². The second-order valence-electron chi connectivity index (χ2n) is 8.19. The zero-order valence-corrected chi connectivity index (χ0v) is 17.8. The minimum Gasteiger partial charge on any atom is -0.378 e. The van der Waals surface area contributed by atoms with Gasteiger partial charge in [-0.1, -0.05) is 6.07 Å². The van der Waals surface area contributed by atoms with Crippen LogP contribution in [0.25, 0.3) is 0 Å². The maximum Gasteiger partial charge on any atom is 0.262 e. The fraction of sp³-hybridized carbons (Fsp3) is 0.364. The molecule has 2 aromatic rings. The van der Waals surface area contributed by atoms with Crippen molar-refractivity contribution in [2.24, 2.45) is 0 Å². The number of amides is 4. The lowest BCUT2D eigenvalue weighted by Gasteiger charge is -2.27. The van der Waals surface area contributed by atoms with Crippen molar-refractivity contribution in [3.8, 4) is 0 Å². The van der Waals surface area contributed by atoms with Gasteiger partial charge in [0.2, 0.25) is 17.8 Å². The van der Waals surface area contributed by atoms with Crippen LogP contribution in [0.2, 0.25) is 0 Å². The molecular formula is C22H23N7O4. The molecule has 1 unspecified atom stereocenters. The molecule has 11 nitrogen and oxygen atoms in total. The zero-order valence-electron chi connectivity index (χ0n) is 17.8. The quantitative estimate of drug-likeness (QED) is 0.535. The summed E-state index contributed by atoms with van der Waals surface area (Å²) < 4.78 is 0. The first-order chi connectivity index (χ1) is 16.0. The molecule has 11 heteroatoms. The maximum atomic E-state index is 12.9. The van der Waals surface area contributed by atoms with E-state index in [2.05, 4.69) is 30.8 Å². The molecule has 3 N–H and O–H groups in total. The lowest BCUT2D eigenvalue weighted by Crippen LogP contribution is -2.54. The summed E-state index contributed by atoms with van der Waals surface area (Å²) in [6.45, 7) is 3.95. The summed E-state index contributed by atoms with van der Waals surface area (Å²) >= 11 is 0. The molecule has 3 aliphatic rings. The Morgan fingerprint density at radius 2 is 1.73 bits per heavy atom. The molecule has 1 aromatic heterocycles. The van der Waals surface area contributed by atoms with Crippen LogP contribution in [-0.4, -0.2) is 70.7 Å². The molecule has 33 heavy (non-hydrogen) atoms. The number of hydrogen-bond donors (Lipinski definition) is 3. The molecule has 0 radical (unpaired) electrons. The van der Waals surface area contributed by atoms with E-state index in [0.717, 1.165) is 42.3 Å². The molecule has 170 valence electrons. The summed E-state index contributed by atoms with van der Waals surface area (Å²) in [5.41, 5.74) is 2.06. The van der Waals surface area contributed by atoms with E-state index >= 15 is 0 Å². The number of nitrogens with one attached hydrogen (secondary N) is 3. The van der Waals surface area contributed by atoms with Gasteiger partial charge < -0.3 is 15.5 Å². The first-order valence-electron chi connectivity index (χ1n) is 10.9. The lowest BCUT2D eigenvalue weighted by atomic mass is 10.0. The van der Waals surface area contributed by atoms with Crippen LogP contribution < -0.4 is 20.9 Å². The SMILES string of the molecule is O=C1CCC(N2C(=O)c3ccc(CNc4cnc(N5CCNCC5)nc4)cc3C2=O)C(=O)N1. The normalized spacial score (nSPS) is 20.7. The molecular weight excluding hydrogens is 426 g/mol. The number of piperidine rings is 1. The monoisotopic (exact) mass is 449 g/mol. The summed E-state index contributed by atoms with van der Waals surface area (Å²) in [7, 11) is 0. The van der Waals surface area contributed by atoms with Crippen molar-refractivity contribution in [2.75, 3.05) is 36.4 Å². The van der Waals surface area contributed by atoms with E-state index < -0.39 is 29.7 Å². The smallest absolute Gasteiger partial charge is 0.262 e. The van der Waals surface area contributed by atoms with E-state index in [9.17, 15) is 19.2 Å². The van der Waals surface area contributed by atoms with Crippen LogP contribution in [0.15, 0.2) is 30.6 Å². The number of nitrogens with zero attached hydrogens (tertiary/aromatic N) is 4.